The molecule has 0 spiro atoms. The molecule has 1 saturated heterocycles. The van der Waals surface area contributed by atoms with E-state index in [4.69, 9.17) is 0 Å². The minimum atomic E-state index is -0.00245. The lowest BCUT2D eigenvalue weighted by Gasteiger charge is -2.35. The van der Waals surface area contributed by atoms with Gasteiger partial charge in [0.05, 0.1) is 12.6 Å². The first-order chi connectivity index (χ1) is 10.2. The summed E-state index contributed by atoms with van der Waals surface area (Å²) in [6.45, 7) is 3.32. The van der Waals surface area contributed by atoms with Crippen LogP contribution in [-0.2, 0) is 6.54 Å². The molecule has 1 amide bonds. The molecule has 1 aliphatic heterocycles. The van der Waals surface area contributed by atoms with Crippen LogP contribution in [0.15, 0.2) is 30.7 Å². The molecule has 0 aliphatic carbocycles. The molecule has 0 saturated carbocycles. The lowest BCUT2D eigenvalue weighted by atomic mass is 10.0. The van der Waals surface area contributed by atoms with Crippen molar-refractivity contribution in [3.63, 3.8) is 0 Å². The van der Waals surface area contributed by atoms with Crippen LogP contribution in [0, 0.1) is 6.92 Å². The van der Waals surface area contributed by atoms with Crippen molar-refractivity contribution in [2.45, 2.75) is 38.8 Å². The Bertz CT molecular complexity index is 610. The molecule has 0 N–H and O–H groups in total. The normalized spacial score (nSPS) is 18.7. The van der Waals surface area contributed by atoms with E-state index in [-0.39, 0.29) is 11.9 Å². The zero-order valence-electron chi connectivity index (χ0n) is 12.1. The van der Waals surface area contributed by atoms with Crippen molar-refractivity contribution in [1.29, 1.82) is 0 Å². The van der Waals surface area contributed by atoms with E-state index in [0.717, 1.165) is 32.4 Å². The van der Waals surface area contributed by atoms with Crippen molar-refractivity contribution in [3.8, 4) is 0 Å². The predicted octanol–water partition coefficient (Wildman–Crippen LogP) is 1.68. The standard InChI is InChI=1S/C15H19N5O/c1-12-16-8-6-14(18-12)15(21)20-10-3-2-5-13(20)11-19-9-4-7-17-19/h4,6-9,13H,2-3,5,10-11H2,1H3/t13-/m0/s1. The second-order valence-electron chi connectivity index (χ2n) is 5.37. The Hall–Kier alpha value is -2.24. The number of nitrogens with zero attached hydrogens (tertiary/aromatic N) is 5. The smallest absolute Gasteiger partial charge is 0.272 e. The van der Waals surface area contributed by atoms with E-state index in [1.54, 1.807) is 25.4 Å². The van der Waals surface area contributed by atoms with Crippen LogP contribution in [0.2, 0.25) is 0 Å². The molecule has 6 nitrogen and oxygen atoms in total. The SMILES string of the molecule is Cc1nccc(C(=O)N2CCCC[C@H]2Cn2cccn2)n1. The van der Waals surface area contributed by atoms with E-state index in [1.807, 2.05) is 21.8 Å². The third kappa shape index (κ3) is 3.09. The summed E-state index contributed by atoms with van der Waals surface area (Å²) in [6.07, 6.45) is 8.55. The molecule has 2 aromatic heterocycles. The Labute approximate surface area is 123 Å². The maximum absolute atomic E-state index is 12.7. The van der Waals surface area contributed by atoms with Crippen LogP contribution < -0.4 is 0 Å². The van der Waals surface area contributed by atoms with E-state index in [2.05, 4.69) is 15.1 Å². The Balaban J connectivity index is 1.78. The number of aromatic nitrogens is 4. The number of hydrogen-bond acceptors (Lipinski definition) is 4. The summed E-state index contributed by atoms with van der Waals surface area (Å²) < 4.78 is 1.89. The summed E-state index contributed by atoms with van der Waals surface area (Å²) in [7, 11) is 0. The number of carbonyl (C=O) groups excluding carboxylic acids is 1. The molecule has 3 heterocycles. The molecule has 0 unspecified atom stereocenters. The summed E-state index contributed by atoms with van der Waals surface area (Å²) in [5, 5.41) is 4.24. The van der Waals surface area contributed by atoms with Crippen LogP contribution in [0.3, 0.4) is 0 Å². The van der Waals surface area contributed by atoms with E-state index in [1.165, 1.54) is 0 Å². The fraction of sp³-hybridized carbons (Fsp3) is 0.467. The number of hydrogen-bond donors (Lipinski definition) is 0. The van der Waals surface area contributed by atoms with Gasteiger partial charge in [0, 0.05) is 25.1 Å². The van der Waals surface area contributed by atoms with E-state index >= 15 is 0 Å². The van der Waals surface area contributed by atoms with Crippen molar-refractivity contribution in [2.75, 3.05) is 6.54 Å². The molecule has 3 rings (SSSR count). The van der Waals surface area contributed by atoms with Gasteiger partial charge < -0.3 is 4.90 Å². The number of likely N-dealkylation sites (tertiary alicyclic amines) is 1. The first-order valence-electron chi connectivity index (χ1n) is 7.32. The molecular weight excluding hydrogens is 266 g/mol. The molecule has 110 valence electrons. The molecule has 2 aromatic rings. The van der Waals surface area contributed by atoms with E-state index in [9.17, 15) is 4.79 Å². The largest absolute Gasteiger partial charge is 0.332 e. The molecule has 1 atom stereocenters. The van der Waals surface area contributed by atoms with Crippen LogP contribution in [0.1, 0.15) is 35.6 Å². The Morgan fingerprint density at radius 2 is 2.29 bits per heavy atom. The van der Waals surface area contributed by atoms with Gasteiger partial charge in [-0.1, -0.05) is 0 Å². The van der Waals surface area contributed by atoms with Crippen molar-refractivity contribution in [2.24, 2.45) is 0 Å². The molecular formula is C15H19N5O. The van der Waals surface area contributed by atoms with Gasteiger partial charge in [0.2, 0.25) is 0 Å². The average Bonchev–Trinajstić information content (AvgIpc) is 3.00. The van der Waals surface area contributed by atoms with Crippen molar-refractivity contribution in [3.05, 3.63) is 42.2 Å². The Morgan fingerprint density at radius 1 is 1.38 bits per heavy atom. The van der Waals surface area contributed by atoms with Crippen LogP contribution in [-0.4, -0.2) is 43.1 Å². The summed E-state index contributed by atoms with van der Waals surface area (Å²) in [4.78, 5) is 22.9. The second kappa shape index (κ2) is 6.03. The zero-order valence-corrected chi connectivity index (χ0v) is 12.1. The van der Waals surface area contributed by atoms with Crippen LogP contribution in [0.4, 0.5) is 0 Å². The number of amides is 1. The molecule has 21 heavy (non-hydrogen) atoms. The summed E-state index contributed by atoms with van der Waals surface area (Å²) in [5.41, 5.74) is 0.481. The molecule has 0 bridgehead atoms. The zero-order chi connectivity index (χ0) is 14.7. The van der Waals surface area contributed by atoms with Crippen molar-refractivity contribution < 1.29 is 4.79 Å². The van der Waals surface area contributed by atoms with Gasteiger partial charge >= 0.3 is 0 Å². The van der Waals surface area contributed by atoms with Gasteiger partial charge in [0.1, 0.15) is 11.5 Å². The van der Waals surface area contributed by atoms with E-state index in [0.29, 0.717) is 11.5 Å². The number of piperidine rings is 1. The Morgan fingerprint density at radius 3 is 3.05 bits per heavy atom. The van der Waals surface area contributed by atoms with Crippen molar-refractivity contribution in [1.82, 2.24) is 24.6 Å². The minimum absolute atomic E-state index is 0.00245. The van der Waals surface area contributed by atoms with Gasteiger partial charge in [-0.3, -0.25) is 9.48 Å². The topological polar surface area (TPSA) is 63.9 Å². The maximum atomic E-state index is 12.7. The first-order valence-corrected chi connectivity index (χ1v) is 7.32. The average molecular weight is 285 g/mol. The highest BCUT2D eigenvalue weighted by atomic mass is 16.2. The van der Waals surface area contributed by atoms with Crippen molar-refractivity contribution >= 4 is 5.91 Å². The maximum Gasteiger partial charge on any atom is 0.272 e. The summed E-state index contributed by atoms with van der Waals surface area (Å²) in [5.74, 6) is 0.624. The van der Waals surface area contributed by atoms with Gasteiger partial charge in [-0.25, -0.2) is 9.97 Å². The van der Waals surface area contributed by atoms with Gasteiger partial charge in [-0.05, 0) is 38.3 Å². The van der Waals surface area contributed by atoms with E-state index < -0.39 is 0 Å². The molecule has 1 fully saturated rings. The lowest BCUT2D eigenvalue weighted by Crippen LogP contribution is -2.46. The predicted molar refractivity (Wildman–Crippen MR) is 77.7 cm³/mol. The first kappa shape index (κ1) is 13.7. The molecule has 0 aromatic carbocycles. The molecule has 0 radical (unpaired) electrons. The third-order valence-electron chi connectivity index (χ3n) is 3.84. The monoisotopic (exact) mass is 285 g/mol. The summed E-state index contributed by atoms with van der Waals surface area (Å²) >= 11 is 0. The number of aryl methyl sites for hydroxylation is 1. The highest BCUT2D eigenvalue weighted by molar-refractivity contribution is 5.92. The van der Waals surface area contributed by atoms with Gasteiger partial charge in [-0.15, -0.1) is 0 Å². The second-order valence-corrected chi connectivity index (χ2v) is 5.37. The third-order valence-corrected chi connectivity index (χ3v) is 3.84. The Kier molecular flexibility index (Phi) is 3.94. The summed E-state index contributed by atoms with van der Waals surface area (Å²) in [6, 6.07) is 3.78. The fourth-order valence-corrected chi connectivity index (χ4v) is 2.80. The minimum Gasteiger partial charge on any atom is -0.332 e. The quantitative estimate of drug-likeness (QED) is 0.860. The van der Waals surface area contributed by atoms with Crippen LogP contribution in [0.25, 0.3) is 0 Å². The van der Waals surface area contributed by atoms with Gasteiger partial charge in [-0.2, -0.15) is 5.10 Å². The highest BCUT2D eigenvalue weighted by Crippen LogP contribution is 2.20. The lowest BCUT2D eigenvalue weighted by molar-refractivity contribution is 0.0577. The molecule has 1 aliphatic rings. The van der Waals surface area contributed by atoms with Crippen LogP contribution >= 0.6 is 0 Å². The van der Waals surface area contributed by atoms with Crippen LogP contribution in [0.5, 0.6) is 0 Å². The number of carbonyl (C=O) groups is 1. The number of rotatable bonds is 3. The fourth-order valence-electron chi connectivity index (χ4n) is 2.80. The molecule has 6 heteroatoms. The van der Waals surface area contributed by atoms with Gasteiger partial charge in [0.15, 0.2) is 0 Å². The highest BCUT2D eigenvalue weighted by Gasteiger charge is 2.28. The van der Waals surface area contributed by atoms with Gasteiger partial charge in [0.25, 0.3) is 5.91 Å².